The number of H-pyrrole nitrogens is 1. The first-order valence-electron chi connectivity index (χ1n) is 7.07. The predicted molar refractivity (Wildman–Crippen MR) is 78.5 cm³/mol. The molecule has 2 heterocycles. The number of aromatic nitrogens is 3. The van der Waals surface area contributed by atoms with Gasteiger partial charge in [-0.2, -0.15) is 5.10 Å². The summed E-state index contributed by atoms with van der Waals surface area (Å²) in [5, 5.41) is 11.4. The van der Waals surface area contributed by atoms with Crippen LogP contribution in [0, 0.1) is 13.8 Å². The smallest absolute Gasteiger partial charge is 0.150 e. The molecule has 0 aromatic carbocycles. The number of rotatable bonds is 5. The summed E-state index contributed by atoms with van der Waals surface area (Å²) in [5.41, 5.74) is 4.46. The molecule has 0 aliphatic rings. The summed E-state index contributed by atoms with van der Waals surface area (Å²) in [6, 6.07) is 2.32. The maximum absolute atomic E-state index is 5.41. The largest absolute Gasteiger partial charge is 0.360 e. The number of aryl methyl sites for hydroxylation is 2. The molecule has 0 aliphatic heterocycles. The summed E-state index contributed by atoms with van der Waals surface area (Å²) in [6.45, 7) is 11.3. The van der Waals surface area contributed by atoms with E-state index in [0.717, 1.165) is 29.4 Å². The van der Waals surface area contributed by atoms with E-state index in [1.807, 2.05) is 13.0 Å². The second-order valence-corrected chi connectivity index (χ2v) is 5.81. The number of nitrogens with one attached hydrogen (secondary N) is 1. The van der Waals surface area contributed by atoms with Gasteiger partial charge in [0.1, 0.15) is 0 Å². The third-order valence-corrected chi connectivity index (χ3v) is 3.84. The first-order chi connectivity index (χ1) is 9.40. The zero-order chi connectivity index (χ0) is 14.9. The quantitative estimate of drug-likeness (QED) is 0.910. The molecule has 0 bridgehead atoms. The van der Waals surface area contributed by atoms with Gasteiger partial charge in [-0.05, 0) is 33.7 Å². The highest BCUT2D eigenvalue weighted by Crippen LogP contribution is 2.25. The maximum atomic E-state index is 5.41. The maximum Gasteiger partial charge on any atom is 0.150 e. The average Bonchev–Trinajstić information content (AvgIpc) is 2.96. The number of hydrogen-bond donors (Lipinski definition) is 1. The zero-order valence-corrected chi connectivity index (χ0v) is 13.2. The Bertz CT molecular complexity index is 551. The van der Waals surface area contributed by atoms with E-state index in [1.165, 1.54) is 5.56 Å². The van der Waals surface area contributed by atoms with Crippen molar-refractivity contribution in [1.82, 2.24) is 20.3 Å². The van der Waals surface area contributed by atoms with Crippen molar-refractivity contribution >= 4 is 0 Å². The van der Waals surface area contributed by atoms with Crippen LogP contribution in [0.2, 0.25) is 0 Å². The Kier molecular flexibility index (Phi) is 4.28. The molecular weight excluding hydrogens is 252 g/mol. The highest BCUT2D eigenvalue weighted by molar-refractivity contribution is 5.26. The first-order valence-corrected chi connectivity index (χ1v) is 7.07. The topological polar surface area (TPSA) is 58.0 Å². The Balaban J connectivity index is 2.09. The summed E-state index contributed by atoms with van der Waals surface area (Å²) < 4.78 is 5.41. The number of nitrogens with zero attached hydrogens (tertiary/aromatic N) is 3. The second-order valence-electron chi connectivity index (χ2n) is 5.81. The molecule has 110 valence electrons. The van der Waals surface area contributed by atoms with Crippen LogP contribution in [0.25, 0.3) is 0 Å². The molecule has 0 unspecified atom stereocenters. The molecule has 5 nitrogen and oxygen atoms in total. The van der Waals surface area contributed by atoms with Crippen molar-refractivity contribution in [2.45, 2.75) is 53.1 Å². The second kappa shape index (κ2) is 5.79. The Labute approximate surface area is 120 Å². The lowest BCUT2D eigenvalue weighted by molar-refractivity contribution is 0.219. The van der Waals surface area contributed by atoms with Gasteiger partial charge < -0.3 is 4.52 Å². The average molecular weight is 276 g/mol. The van der Waals surface area contributed by atoms with E-state index in [-0.39, 0.29) is 6.04 Å². The van der Waals surface area contributed by atoms with Crippen LogP contribution in [0.4, 0.5) is 0 Å². The molecule has 2 rings (SSSR count). The summed E-state index contributed by atoms with van der Waals surface area (Å²) in [6.07, 6.45) is 0. The summed E-state index contributed by atoms with van der Waals surface area (Å²) in [4.78, 5) is 2.25. The van der Waals surface area contributed by atoms with Gasteiger partial charge in [-0.3, -0.25) is 10.00 Å². The third-order valence-electron chi connectivity index (χ3n) is 3.84. The molecular formula is C15H24N4O. The highest BCUT2D eigenvalue weighted by atomic mass is 16.5. The van der Waals surface area contributed by atoms with E-state index < -0.39 is 0 Å². The predicted octanol–water partition coefficient (Wildman–Crippen LogP) is 3.33. The molecule has 20 heavy (non-hydrogen) atoms. The van der Waals surface area contributed by atoms with Gasteiger partial charge in [0.2, 0.25) is 0 Å². The Morgan fingerprint density at radius 1 is 1.30 bits per heavy atom. The lowest BCUT2D eigenvalue weighted by Crippen LogP contribution is -2.22. The van der Waals surface area contributed by atoms with Crippen LogP contribution in [0.1, 0.15) is 61.1 Å². The van der Waals surface area contributed by atoms with Crippen LogP contribution < -0.4 is 0 Å². The SMILES string of the molecule is Cc1n[nH]c(C)c1[C@H](C)N(C)Cc1cc(C(C)C)no1. The minimum absolute atomic E-state index is 0.279. The van der Waals surface area contributed by atoms with Crippen molar-refractivity contribution in [2.24, 2.45) is 0 Å². The molecule has 0 saturated carbocycles. The van der Waals surface area contributed by atoms with Crippen LogP contribution in [-0.2, 0) is 6.54 Å². The molecule has 0 amide bonds. The normalized spacial score (nSPS) is 13.4. The number of hydrogen-bond acceptors (Lipinski definition) is 4. The summed E-state index contributed by atoms with van der Waals surface area (Å²) in [7, 11) is 2.09. The van der Waals surface area contributed by atoms with E-state index >= 15 is 0 Å². The van der Waals surface area contributed by atoms with E-state index in [1.54, 1.807) is 0 Å². The molecule has 2 aromatic rings. The van der Waals surface area contributed by atoms with Gasteiger partial charge in [0.15, 0.2) is 5.76 Å². The van der Waals surface area contributed by atoms with E-state index in [2.05, 4.69) is 55.0 Å². The van der Waals surface area contributed by atoms with Crippen LogP contribution in [0.15, 0.2) is 10.6 Å². The van der Waals surface area contributed by atoms with E-state index in [9.17, 15) is 0 Å². The first kappa shape index (κ1) is 14.8. The van der Waals surface area contributed by atoms with Crippen LogP contribution in [-0.4, -0.2) is 27.3 Å². The van der Waals surface area contributed by atoms with Crippen molar-refractivity contribution in [1.29, 1.82) is 0 Å². The molecule has 5 heteroatoms. The van der Waals surface area contributed by atoms with Crippen molar-refractivity contribution in [2.75, 3.05) is 7.05 Å². The standard InChI is InChI=1S/C15H24N4O/c1-9(2)14-7-13(20-18-14)8-19(6)12(5)15-10(3)16-17-11(15)4/h7,9,12H,8H2,1-6H3,(H,16,17)/t12-/m0/s1. The van der Waals surface area contributed by atoms with E-state index in [4.69, 9.17) is 4.52 Å². The molecule has 1 atom stereocenters. The summed E-state index contributed by atoms with van der Waals surface area (Å²) in [5.74, 6) is 1.30. The molecule has 0 radical (unpaired) electrons. The fourth-order valence-corrected chi connectivity index (χ4v) is 2.45. The Hall–Kier alpha value is -1.62. The molecule has 2 aromatic heterocycles. The monoisotopic (exact) mass is 276 g/mol. The van der Waals surface area contributed by atoms with Gasteiger partial charge in [0, 0.05) is 23.4 Å². The van der Waals surface area contributed by atoms with Gasteiger partial charge >= 0.3 is 0 Å². The number of aromatic amines is 1. The summed E-state index contributed by atoms with van der Waals surface area (Å²) >= 11 is 0. The van der Waals surface area contributed by atoms with Gasteiger partial charge in [-0.15, -0.1) is 0 Å². The molecule has 1 N–H and O–H groups in total. The van der Waals surface area contributed by atoms with Crippen molar-refractivity contribution < 1.29 is 4.52 Å². The fraction of sp³-hybridized carbons (Fsp3) is 0.600. The van der Waals surface area contributed by atoms with Crippen LogP contribution in [0.5, 0.6) is 0 Å². The lowest BCUT2D eigenvalue weighted by atomic mass is 10.1. The molecule has 0 fully saturated rings. The van der Waals surface area contributed by atoms with Gasteiger partial charge in [0.05, 0.1) is 17.9 Å². The minimum Gasteiger partial charge on any atom is -0.360 e. The molecule has 0 saturated heterocycles. The van der Waals surface area contributed by atoms with Crippen molar-refractivity contribution in [3.63, 3.8) is 0 Å². The minimum atomic E-state index is 0.279. The van der Waals surface area contributed by atoms with Gasteiger partial charge in [-0.25, -0.2) is 0 Å². The Morgan fingerprint density at radius 2 is 2.00 bits per heavy atom. The molecule has 0 spiro atoms. The Morgan fingerprint density at radius 3 is 2.50 bits per heavy atom. The van der Waals surface area contributed by atoms with Gasteiger partial charge in [-0.1, -0.05) is 19.0 Å². The van der Waals surface area contributed by atoms with Crippen LogP contribution in [0.3, 0.4) is 0 Å². The highest BCUT2D eigenvalue weighted by Gasteiger charge is 2.20. The zero-order valence-electron chi connectivity index (χ0n) is 13.2. The van der Waals surface area contributed by atoms with Gasteiger partial charge in [0.25, 0.3) is 0 Å². The van der Waals surface area contributed by atoms with Crippen LogP contribution >= 0.6 is 0 Å². The third kappa shape index (κ3) is 2.93. The van der Waals surface area contributed by atoms with Crippen molar-refractivity contribution in [3.8, 4) is 0 Å². The lowest BCUT2D eigenvalue weighted by Gasteiger charge is -2.24. The fourth-order valence-electron chi connectivity index (χ4n) is 2.45. The van der Waals surface area contributed by atoms with E-state index in [0.29, 0.717) is 5.92 Å². The molecule has 0 aliphatic carbocycles. The van der Waals surface area contributed by atoms with Crippen molar-refractivity contribution in [3.05, 3.63) is 34.5 Å².